The summed E-state index contributed by atoms with van der Waals surface area (Å²) < 4.78 is 0. The van der Waals surface area contributed by atoms with Crippen LogP contribution in [0.5, 0.6) is 0 Å². The van der Waals surface area contributed by atoms with Crippen LogP contribution in [0.4, 0.5) is 4.79 Å². The fourth-order valence-corrected chi connectivity index (χ4v) is 3.22. The Balaban J connectivity index is 2.03. The normalized spacial score (nSPS) is 31.6. The Morgan fingerprint density at radius 2 is 1.89 bits per heavy atom. The summed E-state index contributed by atoms with van der Waals surface area (Å²) in [7, 11) is 0. The third kappa shape index (κ3) is 3.19. The molecule has 1 N–H and O–H groups in total. The van der Waals surface area contributed by atoms with E-state index in [0.717, 1.165) is 25.8 Å². The Hall–Kier alpha value is -1.26. The van der Waals surface area contributed by atoms with Crippen molar-refractivity contribution in [2.45, 2.75) is 58.0 Å². The molecule has 3 unspecified atom stereocenters. The van der Waals surface area contributed by atoms with Crippen LogP contribution in [0.15, 0.2) is 0 Å². The molecule has 5 nitrogen and oxygen atoms in total. The smallest absolute Gasteiger partial charge is 0.320 e. The van der Waals surface area contributed by atoms with Crippen LogP contribution in [0.25, 0.3) is 0 Å². The van der Waals surface area contributed by atoms with Crippen molar-refractivity contribution in [1.82, 2.24) is 9.80 Å². The summed E-state index contributed by atoms with van der Waals surface area (Å²) in [6.45, 7) is 5.77. The number of carboxylic acids is 1. The zero-order valence-corrected chi connectivity index (χ0v) is 11.8. The zero-order valence-electron chi connectivity index (χ0n) is 11.8. The fourth-order valence-electron chi connectivity index (χ4n) is 3.22. The number of hydrogen-bond acceptors (Lipinski definition) is 2. The molecule has 0 spiro atoms. The molecule has 2 fully saturated rings. The second kappa shape index (κ2) is 5.80. The van der Waals surface area contributed by atoms with Crippen LogP contribution in [0, 0.1) is 5.92 Å². The van der Waals surface area contributed by atoms with E-state index < -0.39 is 5.97 Å². The van der Waals surface area contributed by atoms with Gasteiger partial charge >= 0.3 is 12.0 Å². The van der Waals surface area contributed by atoms with Gasteiger partial charge in [0.15, 0.2) is 0 Å². The zero-order chi connectivity index (χ0) is 14.0. The first-order chi connectivity index (χ1) is 8.99. The molecule has 2 aliphatic rings. The molecule has 19 heavy (non-hydrogen) atoms. The first kappa shape index (κ1) is 14.2. The number of hydrogen-bond donors (Lipinski definition) is 1. The third-order valence-electron chi connectivity index (χ3n) is 4.40. The lowest BCUT2D eigenvalue weighted by molar-refractivity contribution is -0.138. The lowest BCUT2D eigenvalue weighted by Gasteiger charge is -2.40. The number of aliphatic carboxylic acids is 1. The molecule has 2 aliphatic heterocycles. The minimum atomic E-state index is -0.815. The highest BCUT2D eigenvalue weighted by Gasteiger charge is 2.36. The predicted octanol–water partition coefficient (Wildman–Crippen LogP) is 2.17. The summed E-state index contributed by atoms with van der Waals surface area (Å²) in [6.07, 6.45) is 4.02. The summed E-state index contributed by atoms with van der Waals surface area (Å²) in [5.74, 6) is -0.273. The van der Waals surface area contributed by atoms with Crippen LogP contribution in [0.2, 0.25) is 0 Å². The molecular formula is C14H24N2O3. The highest BCUT2D eigenvalue weighted by atomic mass is 16.4. The van der Waals surface area contributed by atoms with Crippen LogP contribution in [0.1, 0.15) is 46.0 Å². The summed E-state index contributed by atoms with van der Waals surface area (Å²) in [5.41, 5.74) is 0. The molecule has 108 valence electrons. The topological polar surface area (TPSA) is 60.9 Å². The first-order valence-electron chi connectivity index (χ1n) is 7.28. The number of rotatable bonds is 2. The van der Waals surface area contributed by atoms with Crippen LogP contribution in [-0.4, -0.2) is 52.1 Å². The molecule has 3 atom stereocenters. The molecule has 5 heteroatoms. The van der Waals surface area contributed by atoms with Crippen molar-refractivity contribution in [2.24, 2.45) is 5.92 Å². The van der Waals surface area contributed by atoms with Gasteiger partial charge in [-0.05, 0) is 38.5 Å². The molecule has 2 saturated heterocycles. The molecule has 0 saturated carbocycles. The van der Waals surface area contributed by atoms with Crippen molar-refractivity contribution in [1.29, 1.82) is 0 Å². The van der Waals surface area contributed by atoms with E-state index in [2.05, 4.69) is 13.8 Å². The van der Waals surface area contributed by atoms with Gasteiger partial charge in [-0.2, -0.15) is 0 Å². The number of nitrogens with zero attached hydrogens (tertiary/aromatic N) is 2. The van der Waals surface area contributed by atoms with Crippen molar-refractivity contribution >= 4 is 12.0 Å². The number of carboxylic acid groups (broad SMARTS) is 1. The highest BCUT2D eigenvalue weighted by molar-refractivity contribution is 5.77. The molecule has 2 heterocycles. The lowest BCUT2D eigenvalue weighted by atomic mass is 9.95. The Morgan fingerprint density at radius 3 is 2.58 bits per heavy atom. The van der Waals surface area contributed by atoms with Crippen molar-refractivity contribution in [3.8, 4) is 0 Å². The van der Waals surface area contributed by atoms with Gasteiger partial charge in [-0.1, -0.05) is 6.92 Å². The number of urea groups is 1. The van der Waals surface area contributed by atoms with Crippen molar-refractivity contribution < 1.29 is 14.7 Å². The average Bonchev–Trinajstić information content (AvgIpc) is 2.78. The van der Waals surface area contributed by atoms with Crippen LogP contribution in [0.3, 0.4) is 0 Å². The van der Waals surface area contributed by atoms with E-state index in [1.807, 2.05) is 4.90 Å². The van der Waals surface area contributed by atoms with Crippen molar-refractivity contribution in [3.63, 3.8) is 0 Å². The Morgan fingerprint density at radius 1 is 1.16 bits per heavy atom. The standard InChI is InChI=1S/C14H24N2O3/c1-10-5-6-11(2)16(9-10)14(19)15-7-3-4-12(15)8-13(17)18/h10-12H,3-9H2,1-2H3,(H,17,18). The molecule has 0 aliphatic carbocycles. The molecular weight excluding hydrogens is 244 g/mol. The Bertz CT molecular complexity index is 359. The van der Waals surface area contributed by atoms with Crippen LogP contribution in [-0.2, 0) is 4.79 Å². The molecule has 0 bridgehead atoms. The molecule has 0 radical (unpaired) electrons. The molecule has 2 amide bonds. The van der Waals surface area contributed by atoms with Gasteiger partial charge < -0.3 is 14.9 Å². The minimum Gasteiger partial charge on any atom is -0.481 e. The quantitative estimate of drug-likeness (QED) is 0.835. The van der Waals surface area contributed by atoms with E-state index in [1.165, 1.54) is 6.42 Å². The van der Waals surface area contributed by atoms with E-state index in [0.29, 0.717) is 12.5 Å². The third-order valence-corrected chi connectivity index (χ3v) is 4.40. The molecule has 0 aromatic rings. The van der Waals surface area contributed by atoms with E-state index >= 15 is 0 Å². The second-order valence-electron chi connectivity index (χ2n) is 6.05. The van der Waals surface area contributed by atoms with Crippen LogP contribution < -0.4 is 0 Å². The van der Waals surface area contributed by atoms with E-state index in [-0.39, 0.29) is 24.5 Å². The Kier molecular flexibility index (Phi) is 4.32. The number of carbonyl (C=O) groups is 2. The molecule has 2 rings (SSSR count). The summed E-state index contributed by atoms with van der Waals surface area (Å²) in [4.78, 5) is 27.2. The predicted molar refractivity (Wildman–Crippen MR) is 71.9 cm³/mol. The van der Waals surface area contributed by atoms with Gasteiger partial charge in [0, 0.05) is 25.2 Å². The number of piperidine rings is 1. The van der Waals surface area contributed by atoms with Gasteiger partial charge in [-0.3, -0.25) is 4.79 Å². The molecule has 0 aromatic carbocycles. The minimum absolute atomic E-state index is 0.0443. The number of carbonyl (C=O) groups excluding carboxylic acids is 1. The molecule has 0 aromatic heterocycles. The van der Waals surface area contributed by atoms with Gasteiger partial charge in [0.2, 0.25) is 0 Å². The van der Waals surface area contributed by atoms with E-state index in [9.17, 15) is 9.59 Å². The maximum absolute atomic E-state index is 12.6. The van der Waals surface area contributed by atoms with Gasteiger partial charge in [-0.25, -0.2) is 4.79 Å². The first-order valence-corrected chi connectivity index (χ1v) is 7.28. The van der Waals surface area contributed by atoms with Gasteiger partial charge in [0.25, 0.3) is 0 Å². The van der Waals surface area contributed by atoms with Gasteiger partial charge in [-0.15, -0.1) is 0 Å². The lowest BCUT2D eigenvalue weighted by Crippen LogP contribution is -2.52. The fraction of sp³-hybridized carbons (Fsp3) is 0.857. The van der Waals surface area contributed by atoms with Crippen molar-refractivity contribution in [3.05, 3.63) is 0 Å². The van der Waals surface area contributed by atoms with Crippen molar-refractivity contribution in [2.75, 3.05) is 13.1 Å². The number of likely N-dealkylation sites (tertiary alicyclic amines) is 2. The van der Waals surface area contributed by atoms with Gasteiger partial charge in [0.1, 0.15) is 0 Å². The van der Waals surface area contributed by atoms with E-state index in [1.54, 1.807) is 4.90 Å². The Labute approximate surface area is 114 Å². The van der Waals surface area contributed by atoms with Crippen LogP contribution >= 0.6 is 0 Å². The maximum atomic E-state index is 12.6. The largest absolute Gasteiger partial charge is 0.481 e. The van der Waals surface area contributed by atoms with Gasteiger partial charge in [0.05, 0.1) is 6.42 Å². The number of amides is 2. The second-order valence-corrected chi connectivity index (χ2v) is 6.05. The maximum Gasteiger partial charge on any atom is 0.320 e. The SMILES string of the molecule is CC1CCC(C)N(C(=O)N2CCCC2CC(=O)O)C1. The average molecular weight is 268 g/mol. The summed E-state index contributed by atoms with van der Waals surface area (Å²) in [5, 5.41) is 8.93. The van der Waals surface area contributed by atoms with E-state index in [4.69, 9.17) is 5.11 Å². The summed E-state index contributed by atoms with van der Waals surface area (Å²) in [6, 6.07) is 0.201. The summed E-state index contributed by atoms with van der Waals surface area (Å²) >= 11 is 0. The monoisotopic (exact) mass is 268 g/mol. The highest BCUT2D eigenvalue weighted by Crippen LogP contribution is 2.27.